The highest BCUT2D eigenvalue weighted by atomic mass is 19.1. The topological polar surface area (TPSA) is 38.3 Å². The number of ether oxygens (including phenoxy) is 1. The lowest BCUT2D eigenvalue weighted by molar-refractivity contribution is -0.148. The van der Waals surface area contributed by atoms with Gasteiger partial charge in [-0.3, -0.25) is 4.79 Å². The van der Waals surface area contributed by atoms with Crippen molar-refractivity contribution in [3.63, 3.8) is 0 Å². The molecule has 1 aromatic carbocycles. The molecule has 0 aromatic heterocycles. The Hall–Kier alpha value is -1.42. The third-order valence-electron chi connectivity index (χ3n) is 3.59. The first-order valence-electron chi connectivity index (χ1n) is 6.85. The molecule has 2 rings (SSSR count). The molecule has 1 aromatic rings. The summed E-state index contributed by atoms with van der Waals surface area (Å²) in [5, 5.41) is 3.38. The fourth-order valence-electron chi connectivity index (χ4n) is 2.59. The van der Waals surface area contributed by atoms with Crippen molar-refractivity contribution in [1.82, 2.24) is 5.32 Å². The highest BCUT2D eigenvalue weighted by Gasteiger charge is 2.33. The van der Waals surface area contributed by atoms with Crippen LogP contribution in [0, 0.1) is 11.7 Å². The van der Waals surface area contributed by atoms with E-state index in [1.54, 1.807) is 12.1 Å². The molecule has 0 radical (unpaired) electrons. The maximum absolute atomic E-state index is 12.8. The zero-order chi connectivity index (χ0) is 13.7. The van der Waals surface area contributed by atoms with Crippen molar-refractivity contribution < 1.29 is 13.9 Å². The van der Waals surface area contributed by atoms with Crippen molar-refractivity contribution >= 4 is 5.97 Å². The van der Waals surface area contributed by atoms with Gasteiger partial charge in [0.2, 0.25) is 0 Å². The molecule has 0 bridgehead atoms. The Bertz CT molecular complexity index is 419. The first-order chi connectivity index (χ1) is 9.20. The molecule has 0 spiro atoms. The molecule has 104 valence electrons. The fraction of sp³-hybridized carbons (Fsp3) is 0.533. The summed E-state index contributed by atoms with van der Waals surface area (Å²) in [6.45, 7) is 2.91. The molecule has 0 aliphatic heterocycles. The van der Waals surface area contributed by atoms with E-state index in [1.165, 1.54) is 12.1 Å². The van der Waals surface area contributed by atoms with E-state index in [4.69, 9.17) is 4.74 Å². The number of rotatable bonds is 5. The van der Waals surface area contributed by atoms with E-state index in [9.17, 15) is 9.18 Å². The van der Waals surface area contributed by atoms with Crippen LogP contribution in [0.4, 0.5) is 4.39 Å². The zero-order valence-electron chi connectivity index (χ0n) is 11.2. The van der Waals surface area contributed by atoms with Crippen LogP contribution in [0.3, 0.4) is 0 Å². The number of carbonyl (C=O) groups excluding carboxylic acids is 1. The Labute approximate surface area is 113 Å². The average Bonchev–Trinajstić information content (AvgIpc) is 2.87. The number of benzene rings is 1. The first kappa shape index (κ1) is 14.0. The van der Waals surface area contributed by atoms with E-state index in [2.05, 4.69) is 5.32 Å². The summed E-state index contributed by atoms with van der Waals surface area (Å²) in [6.07, 6.45) is 2.93. The van der Waals surface area contributed by atoms with Gasteiger partial charge in [0.1, 0.15) is 5.82 Å². The standard InChI is InChI=1S/C15H20FNO2/c1-2-19-15(18)13-4-3-5-14(13)17-10-11-6-8-12(16)9-7-11/h6-9,13-14,17H,2-5,10H2,1H3/t13-,14-/m1/s1. The normalized spacial score (nSPS) is 22.4. The highest BCUT2D eigenvalue weighted by molar-refractivity contribution is 5.73. The molecule has 0 saturated heterocycles. The van der Waals surface area contributed by atoms with E-state index < -0.39 is 0 Å². The highest BCUT2D eigenvalue weighted by Crippen LogP contribution is 2.27. The summed E-state index contributed by atoms with van der Waals surface area (Å²) in [5.41, 5.74) is 1.02. The molecular formula is C15H20FNO2. The van der Waals surface area contributed by atoms with Crippen molar-refractivity contribution in [3.8, 4) is 0 Å². The van der Waals surface area contributed by atoms with Crippen LogP contribution in [0.1, 0.15) is 31.7 Å². The Morgan fingerprint density at radius 1 is 1.37 bits per heavy atom. The van der Waals surface area contributed by atoms with Crippen molar-refractivity contribution in [2.45, 2.75) is 38.8 Å². The molecule has 1 N–H and O–H groups in total. The lowest BCUT2D eigenvalue weighted by atomic mass is 10.0. The quantitative estimate of drug-likeness (QED) is 0.832. The predicted octanol–water partition coefficient (Wildman–Crippen LogP) is 2.65. The molecular weight excluding hydrogens is 245 g/mol. The summed E-state index contributed by atoms with van der Waals surface area (Å²) < 4.78 is 17.9. The van der Waals surface area contributed by atoms with Crippen molar-refractivity contribution in [2.75, 3.05) is 6.61 Å². The van der Waals surface area contributed by atoms with Crippen LogP contribution in [0.2, 0.25) is 0 Å². The van der Waals surface area contributed by atoms with Gasteiger partial charge in [0.05, 0.1) is 12.5 Å². The number of hydrogen-bond acceptors (Lipinski definition) is 3. The third kappa shape index (κ3) is 3.77. The lowest BCUT2D eigenvalue weighted by Gasteiger charge is -2.19. The van der Waals surface area contributed by atoms with Gasteiger partial charge in [0.25, 0.3) is 0 Å². The molecule has 1 aliphatic rings. The van der Waals surface area contributed by atoms with Gasteiger partial charge in [-0.15, -0.1) is 0 Å². The van der Waals surface area contributed by atoms with Crippen LogP contribution >= 0.6 is 0 Å². The van der Waals surface area contributed by atoms with Gasteiger partial charge in [-0.25, -0.2) is 4.39 Å². The van der Waals surface area contributed by atoms with Crippen LogP contribution < -0.4 is 5.32 Å². The molecule has 0 heterocycles. The largest absolute Gasteiger partial charge is 0.466 e. The van der Waals surface area contributed by atoms with E-state index in [0.717, 1.165) is 24.8 Å². The van der Waals surface area contributed by atoms with Crippen LogP contribution in [0.25, 0.3) is 0 Å². The summed E-state index contributed by atoms with van der Waals surface area (Å²) in [7, 11) is 0. The predicted molar refractivity (Wildman–Crippen MR) is 71.0 cm³/mol. The fourth-order valence-corrected chi connectivity index (χ4v) is 2.59. The van der Waals surface area contributed by atoms with Crippen LogP contribution in [0.5, 0.6) is 0 Å². The van der Waals surface area contributed by atoms with E-state index >= 15 is 0 Å². The van der Waals surface area contributed by atoms with E-state index in [1.807, 2.05) is 6.92 Å². The van der Waals surface area contributed by atoms with Gasteiger partial charge >= 0.3 is 5.97 Å². The maximum Gasteiger partial charge on any atom is 0.310 e. The molecule has 19 heavy (non-hydrogen) atoms. The summed E-state index contributed by atoms with van der Waals surface area (Å²) in [6, 6.07) is 6.60. The molecule has 3 nitrogen and oxygen atoms in total. The van der Waals surface area contributed by atoms with E-state index in [-0.39, 0.29) is 23.7 Å². The maximum atomic E-state index is 12.8. The Morgan fingerprint density at radius 2 is 2.11 bits per heavy atom. The summed E-state index contributed by atoms with van der Waals surface area (Å²) in [5.74, 6) is -0.369. The number of nitrogens with one attached hydrogen (secondary N) is 1. The van der Waals surface area contributed by atoms with E-state index in [0.29, 0.717) is 13.2 Å². The third-order valence-corrected chi connectivity index (χ3v) is 3.59. The summed E-state index contributed by atoms with van der Waals surface area (Å²) in [4.78, 5) is 11.8. The number of carbonyl (C=O) groups is 1. The van der Waals surface area contributed by atoms with Crippen LogP contribution in [-0.4, -0.2) is 18.6 Å². The molecule has 1 fully saturated rings. The Morgan fingerprint density at radius 3 is 2.79 bits per heavy atom. The van der Waals surface area contributed by atoms with Crippen LogP contribution in [0.15, 0.2) is 24.3 Å². The molecule has 0 amide bonds. The second-order valence-corrected chi connectivity index (χ2v) is 4.90. The average molecular weight is 265 g/mol. The Balaban J connectivity index is 1.87. The lowest BCUT2D eigenvalue weighted by Crippen LogP contribution is -2.36. The Kier molecular flexibility index (Phi) is 4.91. The van der Waals surface area contributed by atoms with Gasteiger partial charge in [0.15, 0.2) is 0 Å². The minimum atomic E-state index is -0.228. The SMILES string of the molecule is CCOC(=O)[C@@H]1CCC[C@H]1NCc1ccc(F)cc1. The van der Waals surface area contributed by atoms with Crippen molar-refractivity contribution in [2.24, 2.45) is 5.92 Å². The summed E-state index contributed by atoms with van der Waals surface area (Å²) >= 11 is 0. The van der Waals surface area contributed by atoms with Gasteiger partial charge in [-0.2, -0.15) is 0 Å². The van der Waals surface area contributed by atoms with Gasteiger partial charge in [0, 0.05) is 12.6 Å². The molecule has 4 heteroatoms. The zero-order valence-corrected chi connectivity index (χ0v) is 11.2. The number of esters is 1. The van der Waals surface area contributed by atoms with Crippen molar-refractivity contribution in [3.05, 3.63) is 35.6 Å². The second-order valence-electron chi connectivity index (χ2n) is 4.90. The minimum Gasteiger partial charge on any atom is -0.466 e. The minimum absolute atomic E-state index is 0.0413. The van der Waals surface area contributed by atoms with Crippen LogP contribution in [-0.2, 0) is 16.1 Å². The van der Waals surface area contributed by atoms with Gasteiger partial charge in [-0.1, -0.05) is 18.6 Å². The molecule has 1 saturated carbocycles. The molecule has 1 aliphatic carbocycles. The monoisotopic (exact) mass is 265 g/mol. The smallest absolute Gasteiger partial charge is 0.310 e. The first-order valence-corrected chi connectivity index (χ1v) is 6.85. The molecule has 2 atom stereocenters. The van der Waals surface area contributed by atoms with Gasteiger partial charge in [-0.05, 0) is 37.5 Å². The second kappa shape index (κ2) is 6.66. The van der Waals surface area contributed by atoms with Gasteiger partial charge < -0.3 is 10.1 Å². The number of halogens is 1. The number of hydrogen-bond donors (Lipinski definition) is 1. The molecule has 0 unspecified atom stereocenters. The van der Waals surface area contributed by atoms with Crippen molar-refractivity contribution in [1.29, 1.82) is 0 Å².